The molecule has 0 spiro atoms. The summed E-state index contributed by atoms with van der Waals surface area (Å²) in [4.78, 5) is 16.9. The van der Waals surface area contributed by atoms with Crippen LogP contribution < -0.4 is 14.8 Å². The SMILES string of the molecule is COc1cc(-c2nc(C(=O)Nc3cccc(Cl)c3)cs2)ccc1OCC(C)C. The first-order chi connectivity index (χ1) is 13.5. The van der Waals surface area contributed by atoms with Crippen molar-refractivity contribution < 1.29 is 14.3 Å². The van der Waals surface area contributed by atoms with Crippen LogP contribution in [0.25, 0.3) is 10.6 Å². The minimum Gasteiger partial charge on any atom is -0.493 e. The molecule has 0 aliphatic heterocycles. The lowest BCUT2D eigenvalue weighted by Crippen LogP contribution is -2.12. The Kier molecular flexibility index (Phi) is 6.54. The second kappa shape index (κ2) is 9.08. The maximum absolute atomic E-state index is 12.4. The first-order valence-electron chi connectivity index (χ1n) is 8.80. The number of hydrogen-bond acceptors (Lipinski definition) is 5. The molecule has 0 aliphatic rings. The van der Waals surface area contributed by atoms with Crippen LogP contribution in [-0.4, -0.2) is 24.6 Å². The summed E-state index contributed by atoms with van der Waals surface area (Å²) in [5, 5.41) is 5.81. The average molecular weight is 417 g/mol. The van der Waals surface area contributed by atoms with Crippen molar-refractivity contribution in [1.82, 2.24) is 4.98 Å². The molecule has 2 aromatic carbocycles. The molecule has 0 atom stereocenters. The summed E-state index contributed by atoms with van der Waals surface area (Å²) in [6.45, 7) is 4.79. The molecular formula is C21H21ClN2O3S. The van der Waals surface area contributed by atoms with Crippen LogP contribution in [0.2, 0.25) is 5.02 Å². The molecule has 1 aromatic heterocycles. The third-order valence-corrected chi connectivity index (χ3v) is 4.93. The van der Waals surface area contributed by atoms with E-state index in [0.29, 0.717) is 40.4 Å². The highest BCUT2D eigenvalue weighted by Crippen LogP contribution is 2.34. The summed E-state index contributed by atoms with van der Waals surface area (Å²) < 4.78 is 11.2. The van der Waals surface area contributed by atoms with E-state index in [-0.39, 0.29) is 5.91 Å². The largest absolute Gasteiger partial charge is 0.493 e. The van der Waals surface area contributed by atoms with E-state index in [1.165, 1.54) is 11.3 Å². The zero-order valence-corrected chi connectivity index (χ0v) is 17.4. The number of aromatic nitrogens is 1. The van der Waals surface area contributed by atoms with Crippen LogP contribution in [0.15, 0.2) is 47.8 Å². The molecule has 0 fully saturated rings. The van der Waals surface area contributed by atoms with Crippen molar-refractivity contribution in [3.8, 4) is 22.1 Å². The Hall–Kier alpha value is -2.57. The fourth-order valence-corrected chi connectivity index (χ4v) is 3.44. The minimum absolute atomic E-state index is 0.284. The number of carbonyl (C=O) groups excluding carboxylic acids is 1. The van der Waals surface area contributed by atoms with Crippen molar-refractivity contribution in [3.05, 3.63) is 58.6 Å². The summed E-state index contributed by atoms with van der Waals surface area (Å²) in [5.41, 5.74) is 1.83. The fourth-order valence-electron chi connectivity index (χ4n) is 2.45. The normalized spacial score (nSPS) is 10.8. The number of halogens is 1. The minimum atomic E-state index is -0.284. The van der Waals surface area contributed by atoms with Gasteiger partial charge < -0.3 is 14.8 Å². The van der Waals surface area contributed by atoms with Gasteiger partial charge in [-0.1, -0.05) is 31.5 Å². The molecule has 0 saturated heterocycles. The third-order valence-electron chi connectivity index (χ3n) is 3.80. The molecular weight excluding hydrogens is 396 g/mol. The number of methoxy groups -OCH3 is 1. The Bertz CT molecular complexity index is 972. The highest BCUT2D eigenvalue weighted by atomic mass is 35.5. The van der Waals surface area contributed by atoms with Crippen LogP contribution in [0.4, 0.5) is 5.69 Å². The van der Waals surface area contributed by atoms with Crippen molar-refractivity contribution in [2.24, 2.45) is 5.92 Å². The van der Waals surface area contributed by atoms with Crippen LogP contribution in [0, 0.1) is 5.92 Å². The monoisotopic (exact) mass is 416 g/mol. The Labute approximate surface area is 173 Å². The molecule has 3 rings (SSSR count). The van der Waals surface area contributed by atoms with Gasteiger partial charge in [0.1, 0.15) is 10.7 Å². The zero-order valence-electron chi connectivity index (χ0n) is 15.9. The van der Waals surface area contributed by atoms with Crippen molar-refractivity contribution in [3.63, 3.8) is 0 Å². The average Bonchev–Trinajstić information content (AvgIpc) is 3.16. The number of ether oxygens (including phenoxy) is 2. The van der Waals surface area contributed by atoms with Gasteiger partial charge in [0.15, 0.2) is 11.5 Å². The molecule has 0 saturated carbocycles. The van der Waals surface area contributed by atoms with E-state index in [2.05, 4.69) is 24.1 Å². The molecule has 146 valence electrons. The molecule has 0 bridgehead atoms. The predicted octanol–water partition coefficient (Wildman–Crippen LogP) is 5.76. The zero-order chi connectivity index (χ0) is 20.1. The van der Waals surface area contributed by atoms with Gasteiger partial charge in [-0.2, -0.15) is 0 Å². The second-order valence-electron chi connectivity index (χ2n) is 6.57. The molecule has 3 aromatic rings. The Morgan fingerprint density at radius 3 is 2.75 bits per heavy atom. The van der Waals surface area contributed by atoms with E-state index in [1.807, 2.05) is 18.2 Å². The van der Waals surface area contributed by atoms with Gasteiger partial charge in [-0.25, -0.2) is 4.98 Å². The number of rotatable bonds is 7. The van der Waals surface area contributed by atoms with E-state index in [0.717, 1.165) is 10.6 Å². The number of amides is 1. The highest BCUT2D eigenvalue weighted by Gasteiger charge is 2.14. The molecule has 0 radical (unpaired) electrons. The van der Waals surface area contributed by atoms with Crippen LogP contribution >= 0.6 is 22.9 Å². The van der Waals surface area contributed by atoms with Crippen LogP contribution in [0.1, 0.15) is 24.3 Å². The third kappa shape index (κ3) is 5.03. The fraction of sp³-hybridized carbons (Fsp3) is 0.238. The van der Waals surface area contributed by atoms with Gasteiger partial charge in [-0.05, 0) is 42.3 Å². The summed E-state index contributed by atoms with van der Waals surface area (Å²) in [7, 11) is 1.60. The van der Waals surface area contributed by atoms with Crippen LogP contribution in [-0.2, 0) is 0 Å². The summed E-state index contributed by atoms with van der Waals surface area (Å²) in [6.07, 6.45) is 0. The van der Waals surface area contributed by atoms with Crippen LogP contribution in [0.5, 0.6) is 11.5 Å². The topological polar surface area (TPSA) is 60.5 Å². The number of nitrogens with one attached hydrogen (secondary N) is 1. The van der Waals surface area contributed by atoms with Gasteiger partial charge in [0.2, 0.25) is 0 Å². The van der Waals surface area contributed by atoms with Crippen molar-refractivity contribution in [2.45, 2.75) is 13.8 Å². The second-order valence-corrected chi connectivity index (χ2v) is 7.87. The van der Waals surface area contributed by atoms with Crippen LogP contribution in [0.3, 0.4) is 0 Å². The number of anilines is 1. The Morgan fingerprint density at radius 2 is 2.04 bits per heavy atom. The number of nitrogens with zero attached hydrogens (tertiary/aromatic N) is 1. The van der Waals surface area contributed by atoms with Gasteiger partial charge in [-0.3, -0.25) is 4.79 Å². The van der Waals surface area contributed by atoms with Gasteiger partial charge in [0.05, 0.1) is 13.7 Å². The molecule has 5 nitrogen and oxygen atoms in total. The molecule has 1 N–H and O–H groups in total. The Morgan fingerprint density at radius 1 is 1.21 bits per heavy atom. The first-order valence-corrected chi connectivity index (χ1v) is 10.1. The van der Waals surface area contributed by atoms with E-state index in [4.69, 9.17) is 21.1 Å². The van der Waals surface area contributed by atoms with Crippen molar-refractivity contribution in [1.29, 1.82) is 0 Å². The van der Waals surface area contributed by atoms with E-state index < -0.39 is 0 Å². The smallest absolute Gasteiger partial charge is 0.275 e. The molecule has 0 unspecified atom stereocenters. The highest BCUT2D eigenvalue weighted by molar-refractivity contribution is 7.13. The number of benzene rings is 2. The van der Waals surface area contributed by atoms with Crippen molar-refractivity contribution in [2.75, 3.05) is 19.0 Å². The van der Waals surface area contributed by atoms with E-state index in [1.54, 1.807) is 36.8 Å². The maximum Gasteiger partial charge on any atom is 0.275 e. The molecule has 0 aliphatic carbocycles. The van der Waals surface area contributed by atoms with Gasteiger partial charge in [-0.15, -0.1) is 11.3 Å². The molecule has 1 amide bonds. The number of hydrogen-bond donors (Lipinski definition) is 1. The lowest BCUT2D eigenvalue weighted by molar-refractivity contribution is 0.102. The molecule has 28 heavy (non-hydrogen) atoms. The van der Waals surface area contributed by atoms with Gasteiger partial charge >= 0.3 is 0 Å². The maximum atomic E-state index is 12.4. The Balaban J connectivity index is 1.76. The standard InChI is InChI=1S/C21H21ClN2O3S/c1-13(2)11-27-18-8-7-14(9-19(18)26-3)21-24-17(12-28-21)20(25)23-16-6-4-5-15(22)10-16/h4-10,12-13H,11H2,1-3H3,(H,23,25). The first kappa shape index (κ1) is 20.2. The van der Waals surface area contributed by atoms with Crippen molar-refractivity contribution >= 4 is 34.5 Å². The number of carbonyl (C=O) groups is 1. The van der Waals surface area contributed by atoms with Gasteiger partial charge in [0.25, 0.3) is 5.91 Å². The predicted molar refractivity (Wildman–Crippen MR) is 114 cm³/mol. The summed E-state index contributed by atoms with van der Waals surface area (Å²) >= 11 is 7.35. The van der Waals surface area contributed by atoms with E-state index >= 15 is 0 Å². The van der Waals surface area contributed by atoms with E-state index in [9.17, 15) is 4.79 Å². The lowest BCUT2D eigenvalue weighted by Gasteiger charge is -2.13. The lowest BCUT2D eigenvalue weighted by atomic mass is 10.2. The summed E-state index contributed by atoms with van der Waals surface area (Å²) in [6, 6.07) is 12.6. The summed E-state index contributed by atoms with van der Waals surface area (Å²) in [5.74, 6) is 1.46. The number of thiazole rings is 1. The molecule has 1 heterocycles. The molecule has 7 heteroatoms. The quantitative estimate of drug-likeness (QED) is 0.532. The van der Waals surface area contributed by atoms with Gasteiger partial charge in [0, 0.05) is 21.7 Å².